The molecule has 1 aliphatic rings. The standard InChI is InChI=1S/C12H24N2O2/c1-11(2,10(13)15)8-14-9-5-6-16-12(3,4)7-9/h9,14H,5-8H2,1-4H3,(H2,13,15). The first-order valence-electron chi connectivity index (χ1n) is 5.90. The average molecular weight is 228 g/mol. The molecule has 1 saturated heterocycles. The predicted octanol–water partition coefficient (Wildman–Crippen LogP) is 1.05. The number of carbonyl (C=O) groups excluding carboxylic acids is 1. The van der Waals surface area contributed by atoms with Crippen LogP contribution in [0.25, 0.3) is 0 Å². The molecule has 16 heavy (non-hydrogen) atoms. The van der Waals surface area contributed by atoms with Gasteiger partial charge in [-0.05, 0) is 40.5 Å². The van der Waals surface area contributed by atoms with E-state index in [4.69, 9.17) is 10.5 Å². The summed E-state index contributed by atoms with van der Waals surface area (Å²) in [6.07, 6.45) is 1.97. The van der Waals surface area contributed by atoms with Crippen LogP contribution in [0, 0.1) is 5.41 Å². The van der Waals surface area contributed by atoms with Crippen molar-refractivity contribution < 1.29 is 9.53 Å². The van der Waals surface area contributed by atoms with Gasteiger partial charge in [-0.15, -0.1) is 0 Å². The van der Waals surface area contributed by atoms with Gasteiger partial charge >= 0.3 is 0 Å². The normalized spacial score (nSPS) is 25.4. The van der Waals surface area contributed by atoms with Crippen LogP contribution in [0.5, 0.6) is 0 Å². The Kier molecular flexibility index (Phi) is 3.97. The molecule has 0 aromatic carbocycles. The van der Waals surface area contributed by atoms with Gasteiger partial charge in [-0.2, -0.15) is 0 Å². The number of ether oxygens (including phenoxy) is 1. The molecule has 1 fully saturated rings. The van der Waals surface area contributed by atoms with Gasteiger partial charge in [0, 0.05) is 19.2 Å². The van der Waals surface area contributed by atoms with Gasteiger partial charge in [0.1, 0.15) is 0 Å². The zero-order valence-corrected chi connectivity index (χ0v) is 10.8. The van der Waals surface area contributed by atoms with Crippen molar-refractivity contribution in [3.8, 4) is 0 Å². The molecule has 1 rings (SSSR count). The lowest BCUT2D eigenvalue weighted by molar-refractivity contribution is -0.126. The lowest BCUT2D eigenvalue weighted by Crippen LogP contribution is -2.48. The number of rotatable bonds is 4. The van der Waals surface area contributed by atoms with Crippen molar-refractivity contribution in [2.45, 2.75) is 52.2 Å². The molecule has 4 heteroatoms. The Morgan fingerprint density at radius 3 is 2.69 bits per heavy atom. The number of carbonyl (C=O) groups is 1. The van der Waals surface area contributed by atoms with E-state index in [-0.39, 0.29) is 11.5 Å². The second kappa shape index (κ2) is 4.72. The zero-order valence-electron chi connectivity index (χ0n) is 10.8. The Bertz CT molecular complexity index is 262. The van der Waals surface area contributed by atoms with E-state index in [1.165, 1.54) is 0 Å². The van der Waals surface area contributed by atoms with Crippen LogP contribution in [0.4, 0.5) is 0 Å². The SMILES string of the molecule is CC1(C)CC(NCC(C)(C)C(N)=O)CCO1. The molecule has 1 amide bonds. The summed E-state index contributed by atoms with van der Waals surface area (Å²) in [6, 6.07) is 0.419. The number of hydrogen-bond acceptors (Lipinski definition) is 3. The van der Waals surface area contributed by atoms with Gasteiger partial charge in [-0.25, -0.2) is 0 Å². The molecule has 0 aliphatic carbocycles. The maximum Gasteiger partial charge on any atom is 0.224 e. The first kappa shape index (κ1) is 13.5. The van der Waals surface area contributed by atoms with Crippen LogP contribution in [0.3, 0.4) is 0 Å². The summed E-state index contributed by atoms with van der Waals surface area (Å²) >= 11 is 0. The van der Waals surface area contributed by atoms with E-state index in [0.717, 1.165) is 19.4 Å². The quantitative estimate of drug-likeness (QED) is 0.756. The molecular weight excluding hydrogens is 204 g/mol. The van der Waals surface area contributed by atoms with Crippen molar-refractivity contribution in [1.29, 1.82) is 0 Å². The van der Waals surface area contributed by atoms with Crippen molar-refractivity contribution in [1.82, 2.24) is 5.32 Å². The zero-order chi connectivity index (χ0) is 12.4. The first-order chi connectivity index (χ1) is 7.23. The van der Waals surface area contributed by atoms with E-state index in [9.17, 15) is 4.79 Å². The van der Waals surface area contributed by atoms with Crippen LogP contribution >= 0.6 is 0 Å². The number of amides is 1. The highest BCUT2D eigenvalue weighted by Crippen LogP contribution is 2.24. The Morgan fingerprint density at radius 2 is 2.19 bits per heavy atom. The molecular formula is C12H24N2O2. The molecule has 4 nitrogen and oxygen atoms in total. The van der Waals surface area contributed by atoms with Crippen LogP contribution in [0.15, 0.2) is 0 Å². The maximum atomic E-state index is 11.2. The minimum atomic E-state index is -0.484. The molecule has 1 aliphatic heterocycles. The highest BCUT2D eigenvalue weighted by atomic mass is 16.5. The third kappa shape index (κ3) is 3.76. The maximum absolute atomic E-state index is 11.2. The summed E-state index contributed by atoms with van der Waals surface area (Å²) in [5.74, 6) is -0.258. The molecule has 0 aromatic heterocycles. The summed E-state index contributed by atoms with van der Waals surface area (Å²) in [7, 11) is 0. The van der Waals surface area contributed by atoms with Crippen LogP contribution < -0.4 is 11.1 Å². The van der Waals surface area contributed by atoms with Crippen molar-refractivity contribution >= 4 is 5.91 Å². The summed E-state index contributed by atoms with van der Waals surface area (Å²) in [4.78, 5) is 11.2. The topological polar surface area (TPSA) is 64.3 Å². The fourth-order valence-electron chi connectivity index (χ4n) is 1.89. The van der Waals surface area contributed by atoms with Crippen molar-refractivity contribution in [2.24, 2.45) is 11.1 Å². The van der Waals surface area contributed by atoms with Crippen LogP contribution in [-0.2, 0) is 9.53 Å². The second-order valence-corrected chi connectivity index (χ2v) is 5.93. The van der Waals surface area contributed by atoms with E-state index in [1.54, 1.807) is 0 Å². The smallest absolute Gasteiger partial charge is 0.224 e. The molecule has 0 bridgehead atoms. The molecule has 3 N–H and O–H groups in total. The Balaban J connectivity index is 2.41. The van der Waals surface area contributed by atoms with Gasteiger partial charge in [0.25, 0.3) is 0 Å². The Morgan fingerprint density at radius 1 is 1.56 bits per heavy atom. The predicted molar refractivity (Wildman–Crippen MR) is 64.0 cm³/mol. The molecule has 0 aromatic rings. The number of hydrogen-bond donors (Lipinski definition) is 2. The molecule has 94 valence electrons. The highest BCUT2D eigenvalue weighted by Gasteiger charge is 2.31. The fourth-order valence-corrected chi connectivity index (χ4v) is 1.89. The molecule has 1 atom stereocenters. The second-order valence-electron chi connectivity index (χ2n) is 5.93. The van der Waals surface area contributed by atoms with Crippen LogP contribution in [-0.4, -0.2) is 30.7 Å². The summed E-state index contributed by atoms with van der Waals surface area (Å²) in [5, 5.41) is 3.42. The van der Waals surface area contributed by atoms with E-state index in [1.807, 2.05) is 13.8 Å². The summed E-state index contributed by atoms with van der Waals surface area (Å²) in [6.45, 7) is 9.34. The largest absolute Gasteiger partial charge is 0.375 e. The number of nitrogens with one attached hydrogen (secondary N) is 1. The van der Waals surface area contributed by atoms with E-state index < -0.39 is 5.41 Å². The lowest BCUT2D eigenvalue weighted by Gasteiger charge is -2.37. The minimum Gasteiger partial charge on any atom is -0.375 e. The monoisotopic (exact) mass is 228 g/mol. The summed E-state index contributed by atoms with van der Waals surface area (Å²) in [5.41, 5.74) is 4.79. The molecule has 1 unspecified atom stereocenters. The van der Waals surface area contributed by atoms with Gasteiger partial charge in [-0.3, -0.25) is 4.79 Å². The van der Waals surface area contributed by atoms with Gasteiger partial charge < -0.3 is 15.8 Å². The molecule has 1 heterocycles. The van der Waals surface area contributed by atoms with E-state index in [0.29, 0.717) is 12.6 Å². The van der Waals surface area contributed by atoms with Crippen LogP contribution in [0.2, 0.25) is 0 Å². The van der Waals surface area contributed by atoms with Gasteiger partial charge in [0.05, 0.1) is 11.0 Å². The summed E-state index contributed by atoms with van der Waals surface area (Å²) < 4.78 is 5.64. The molecule has 0 spiro atoms. The third-order valence-electron chi connectivity index (χ3n) is 3.20. The number of primary amides is 1. The lowest BCUT2D eigenvalue weighted by atomic mass is 9.90. The van der Waals surface area contributed by atoms with E-state index >= 15 is 0 Å². The van der Waals surface area contributed by atoms with Gasteiger partial charge in [0.15, 0.2) is 0 Å². The van der Waals surface area contributed by atoms with Gasteiger partial charge in [-0.1, -0.05) is 0 Å². The van der Waals surface area contributed by atoms with Crippen molar-refractivity contribution in [2.75, 3.05) is 13.2 Å². The molecule has 0 saturated carbocycles. The first-order valence-corrected chi connectivity index (χ1v) is 5.90. The number of nitrogens with two attached hydrogens (primary N) is 1. The van der Waals surface area contributed by atoms with Crippen molar-refractivity contribution in [3.05, 3.63) is 0 Å². The Labute approximate surface area is 97.9 Å². The average Bonchev–Trinajstić information content (AvgIpc) is 2.13. The Hall–Kier alpha value is -0.610. The molecule has 0 radical (unpaired) electrons. The van der Waals surface area contributed by atoms with Crippen molar-refractivity contribution in [3.63, 3.8) is 0 Å². The third-order valence-corrected chi connectivity index (χ3v) is 3.20. The van der Waals surface area contributed by atoms with Crippen LogP contribution in [0.1, 0.15) is 40.5 Å². The fraction of sp³-hybridized carbons (Fsp3) is 0.917. The minimum absolute atomic E-state index is 0.0627. The highest BCUT2D eigenvalue weighted by molar-refractivity contribution is 5.80. The van der Waals surface area contributed by atoms with Gasteiger partial charge in [0.2, 0.25) is 5.91 Å². The van der Waals surface area contributed by atoms with E-state index in [2.05, 4.69) is 19.2 Å².